The minimum Gasteiger partial charge on any atom is -0.494 e. The second kappa shape index (κ2) is 8.72. The van der Waals surface area contributed by atoms with Crippen molar-refractivity contribution < 1.29 is 14.3 Å². The lowest BCUT2D eigenvalue weighted by Crippen LogP contribution is -2.54. The third kappa shape index (κ3) is 4.12. The molecular weight excluding hydrogens is 446 g/mol. The van der Waals surface area contributed by atoms with Gasteiger partial charge in [0.1, 0.15) is 11.3 Å². The van der Waals surface area contributed by atoms with Gasteiger partial charge >= 0.3 is 0 Å². The number of fused-ring (bicyclic) bond motifs is 1. The van der Waals surface area contributed by atoms with Gasteiger partial charge in [-0.1, -0.05) is 6.08 Å². The molecule has 0 spiro atoms. The van der Waals surface area contributed by atoms with Crippen LogP contribution >= 0.6 is 12.2 Å². The quantitative estimate of drug-likeness (QED) is 0.389. The third-order valence-electron chi connectivity index (χ3n) is 6.41. The number of anilines is 2. The first-order valence-corrected chi connectivity index (χ1v) is 11.7. The van der Waals surface area contributed by atoms with Crippen LogP contribution in [0.2, 0.25) is 0 Å². The van der Waals surface area contributed by atoms with Crippen molar-refractivity contribution in [1.82, 2.24) is 5.32 Å². The van der Waals surface area contributed by atoms with E-state index < -0.39 is 11.8 Å². The zero-order valence-corrected chi connectivity index (χ0v) is 21.2. The molecule has 2 amide bonds. The van der Waals surface area contributed by atoms with Crippen molar-refractivity contribution >= 4 is 52.2 Å². The Morgan fingerprint density at radius 1 is 1.12 bits per heavy atom. The van der Waals surface area contributed by atoms with E-state index in [0.717, 1.165) is 28.0 Å². The molecule has 34 heavy (non-hydrogen) atoms. The number of likely N-dealkylation sites (N-methyl/N-ethyl adjacent to an activating group) is 1. The van der Waals surface area contributed by atoms with E-state index in [2.05, 4.69) is 50.2 Å². The minimum atomic E-state index is -0.500. The fraction of sp³-hybridized carbons (Fsp3) is 0.296. The van der Waals surface area contributed by atoms with E-state index in [1.807, 2.05) is 19.9 Å². The lowest BCUT2D eigenvalue weighted by Gasteiger charge is -2.41. The molecule has 1 N–H and O–H groups in total. The van der Waals surface area contributed by atoms with E-state index >= 15 is 0 Å². The number of thiocarbonyl (C=S) groups is 1. The van der Waals surface area contributed by atoms with Gasteiger partial charge in [0.25, 0.3) is 11.8 Å². The molecular formula is C27H29N3O3S. The normalized spacial score (nSPS) is 18.6. The molecule has 0 saturated carbocycles. The Labute approximate surface area is 205 Å². The molecule has 1 fully saturated rings. The van der Waals surface area contributed by atoms with Crippen LogP contribution in [0.25, 0.3) is 11.6 Å². The van der Waals surface area contributed by atoms with Gasteiger partial charge in [0.15, 0.2) is 5.11 Å². The number of aryl methyl sites for hydroxylation is 1. The number of nitrogens with zero attached hydrogens (tertiary/aromatic N) is 2. The summed E-state index contributed by atoms with van der Waals surface area (Å²) >= 11 is 5.32. The number of rotatable bonds is 4. The first-order valence-electron chi connectivity index (χ1n) is 11.3. The monoisotopic (exact) mass is 475 g/mol. The van der Waals surface area contributed by atoms with E-state index in [9.17, 15) is 9.59 Å². The summed E-state index contributed by atoms with van der Waals surface area (Å²) in [5.41, 5.74) is 5.67. The summed E-state index contributed by atoms with van der Waals surface area (Å²) in [7, 11) is 2.08. The van der Waals surface area contributed by atoms with Gasteiger partial charge < -0.3 is 9.64 Å². The van der Waals surface area contributed by atoms with Gasteiger partial charge in [0, 0.05) is 18.3 Å². The molecule has 2 heterocycles. The van der Waals surface area contributed by atoms with Crippen LogP contribution < -0.4 is 19.9 Å². The summed E-state index contributed by atoms with van der Waals surface area (Å²) in [6, 6.07) is 11.2. The number of nitrogens with one attached hydrogen (secondary N) is 1. The smallest absolute Gasteiger partial charge is 0.270 e. The van der Waals surface area contributed by atoms with Crippen molar-refractivity contribution in [3.05, 3.63) is 64.7 Å². The molecule has 0 aliphatic carbocycles. The van der Waals surface area contributed by atoms with E-state index in [4.69, 9.17) is 17.0 Å². The van der Waals surface area contributed by atoms with Gasteiger partial charge in [-0.15, -0.1) is 0 Å². The Kier molecular flexibility index (Phi) is 6.08. The molecule has 2 aromatic rings. The highest BCUT2D eigenvalue weighted by Crippen LogP contribution is 2.39. The molecule has 0 radical (unpaired) electrons. The van der Waals surface area contributed by atoms with Crippen LogP contribution in [0.1, 0.15) is 44.4 Å². The van der Waals surface area contributed by atoms with E-state index in [0.29, 0.717) is 18.0 Å². The Morgan fingerprint density at radius 2 is 1.79 bits per heavy atom. The molecule has 2 aliphatic rings. The Bertz CT molecular complexity index is 1260. The number of ether oxygens (including phenoxy) is 1. The third-order valence-corrected chi connectivity index (χ3v) is 6.70. The number of carbonyl (C=O) groups excluding carboxylic acids is 2. The predicted molar refractivity (Wildman–Crippen MR) is 141 cm³/mol. The Hall–Kier alpha value is -3.45. The maximum Gasteiger partial charge on any atom is 0.270 e. The van der Waals surface area contributed by atoms with Gasteiger partial charge in [-0.3, -0.25) is 19.8 Å². The molecule has 1 saturated heterocycles. The molecule has 0 unspecified atom stereocenters. The maximum atomic E-state index is 13.4. The highest BCUT2D eigenvalue weighted by molar-refractivity contribution is 7.80. The predicted octanol–water partition coefficient (Wildman–Crippen LogP) is 4.86. The number of allylic oxidation sites excluding steroid dienone is 1. The van der Waals surface area contributed by atoms with Crippen LogP contribution in [0.15, 0.2) is 48.0 Å². The average molecular weight is 476 g/mol. The number of hydrogen-bond donors (Lipinski definition) is 1. The van der Waals surface area contributed by atoms with Gasteiger partial charge in [0.2, 0.25) is 0 Å². The van der Waals surface area contributed by atoms with Crippen LogP contribution in [0, 0.1) is 6.92 Å². The van der Waals surface area contributed by atoms with Crippen molar-refractivity contribution in [3.8, 4) is 5.75 Å². The molecule has 4 rings (SSSR count). The summed E-state index contributed by atoms with van der Waals surface area (Å²) in [6.45, 7) is 10.9. The summed E-state index contributed by atoms with van der Waals surface area (Å²) in [5, 5.41) is 2.71. The number of carbonyl (C=O) groups is 2. The number of amides is 2. The summed E-state index contributed by atoms with van der Waals surface area (Å²) in [4.78, 5) is 29.8. The van der Waals surface area contributed by atoms with E-state index in [1.165, 1.54) is 4.90 Å². The molecule has 0 aromatic heterocycles. The van der Waals surface area contributed by atoms with Crippen molar-refractivity contribution in [1.29, 1.82) is 0 Å². The molecule has 6 nitrogen and oxygen atoms in total. The topological polar surface area (TPSA) is 61.9 Å². The second-order valence-electron chi connectivity index (χ2n) is 9.15. The Morgan fingerprint density at radius 3 is 2.44 bits per heavy atom. The fourth-order valence-electron chi connectivity index (χ4n) is 4.38. The molecule has 2 aromatic carbocycles. The van der Waals surface area contributed by atoms with Crippen LogP contribution in [0.4, 0.5) is 11.4 Å². The van der Waals surface area contributed by atoms with Crippen LogP contribution in [-0.2, 0) is 9.59 Å². The first kappa shape index (κ1) is 23.7. The van der Waals surface area contributed by atoms with Gasteiger partial charge in [0.05, 0.1) is 17.8 Å². The lowest BCUT2D eigenvalue weighted by atomic mass is 9.87. The standard InChI is InChI=1S/C27H29N3O3S/c1-7-33-20-10-8-19(9-11-20)30-25(32)22(24(31)28-26(30)34)14-18-13-21-17(3)15-27(4,5)29(6)23(21)12-16(18)2/h8-15H,7H2,1-6H3,(H,28,31,34)/b22-14-. The van der Waals surface area contributed by atoms with Crippen molar-refractivity contribution in [2.24, 2.45) is 0 Å². The zero-order chi connectivity index (χ0) is 24.8. The van der Waals surface area contributed by atoms with Gasteiger partial charge in [-0.05, 0) is 106 Å². The molecule has 2 aliphatic heterocycles. The molecule has 0 bridgehead atoms. The molecule has 176 valence electrons. The Balaban J connectivity index is 1.74. The zero-order valence-electron chi connectivity index (χ0n) is 20.4. The highest BCUT2D eigenvalue weighted by Gasteiger charge is 2.35. The summed E-state index contributed by atoms with van der Waals surface area (Å²) in [6.07, 6.45) is 3.88. The van der Waals surface area contributed by atoms with E-state index in [-0.39, 0.29) is 16.2 Å². The summed E-state index contributed by atoms with van der Waals surface area (Å²) < 4.78 is 5.48. The first-order chi connectivity index (χ1) is 16.0. The minimum absolute atomic E-state index is 0.0386. The number of benzene rings is 2. The molecule has 7 heteroatoms. The lowest BCUT2D eigenvalue weighted by molar-refractivity contribution is -0.122. The maximum absolute atomic E-state index is 13.4. The molecule has 0 atom stereocenters. The summed E-state index contributed by atoms with van der Waals surface area (Å²) in [5.74, 6) is -0.261. The highest BCUT2D eigenvalue weighted by atomic mass is 32.1. The van der Waals surface area contributed by atoms with Gasteiger partial charge in [-0.25, -0.2) is 0 Å². The van der Waals surface area contributed by atoms with Crippen LogP contribution in [-0.4, -0.2) is 36.1 Å². The van der Waals surface area contributed by atoms with Crippen molar-refractivity contribution in [2.75, 3.05) is 23.5 Å². The SMILES string of the molecule is CCOc1ccc(N2C(=O)/C(=C\c3cc4c(cc3C)N(C)C(C)(C)C=C4C)C(=O)NC2=S)cc1. The largest absolute Gasteiger partial charge is 0.494 e. The van der Waals surface area contributed by atoms with Crippen LogP contribution in [0.5, 0.6) is 5.75 Å². The average Bonchev–Trinajstić information content (AvgIpc) is 2.76. The number of hydrogen-bond acceptors (Lipinski definition) is 5. The van der Waals surface area contributed by atoms with Gasteiger partial charge in [-0.2, -0.15) is 0 Å². The van der Waals surface area contributed by atoms with Crippen molar-refractivity contribution in [2.45, 2.75) is 40.2 Å². The second-order valence-corrected chi connectivity index (χ2v) is 9.54. The fourth-order valence-corrected chi connectivity index (χ4v) is 4.66. The van der Waals surface area contributed by atoms with Crippen molar-refractivity contribution in [3.63, 3.8) is 0 Å². The van der Waals surface area contributed by atoms with E-state index in [1.54, 1.807) is 30.3 Å². The van der Waals surface area contributed by atoms with Crippen LogP contribution in [0.3, 0.4) is 0 Å².